The molecule has 0 bridgehead atoms. The number of carbonyl (C=O) groups is 1. The molecule has 1 saturated heterocycles. The van der Waals surface area contributed by atoms with Crippen LogP contribution in [0.2, 0.25) is 0 Å². The lowest BCUT2D eigenvalue weighted by atomic mass is 10.1. The SMILES string of the molecule is CN=C(NCCCN1CCN(C(=O)OC(C)(C)C)CC1)NCCc1ccc2c(c1)OCO2. The molecule has 2 aliphatic rings. The van der Waals surface area contributed by atoms with Crippen molar-refractivity contribution in [2.75, 3.05) is 59.7 Å². The Morgan fingerprint density at radius 1 is 1.09 bits per heavy atom. The van der Waals surface area contributed by atoms with Crippen molar-refractivity contribution in [3.8, 4) is 11.5 Å². The van der Waals surface area contributed by atoms with E-state index < -0.39 is 5.60 Å². The Hall–Kier alpha value is -2.68. The third-order valence-corrected chi connectivity index (χ3v) is 5.33. The molecule has 0 unspecified atom stereocenters. The third-order valence-electron chi connectivity index (χ3n) is 5.33. The number of nitrogens with zero attached hydrogens (tertiary/aromatic N) is 3. The number of rotatable bonds is 7. The molecule has 178 valence electrons. The summed E-state index contributed by atoms with van der Waals surface area (Å²) < 4.78 is 16.2. The highest BCUT2D eigenvalue weighted by Gasteiger charge is 2.25. The zero-order valence-electron chi connectivity index (χ0n) is 19.8. The van der Waals surface area contributed by atoms with Crippen molar-refractivity contribution in [1.82, 2.24) is 20.4 Å². The predicted octanol–water partition coefficient (Wildman–Crippen LogP) is 2.07. The molecule has 2 heterocycles. The Bertz CT molecular complexity index is 785. The maximum Gasteiger partial charge on any atom is 0.410 e. The summed E-state index contributed by atoms with van der Waals surface area (Å²) in [5.41, 5.74) is 0.749. The van der Waals surface area contributed by atoms with E-state index in [1.54, 1.807) is 11.9 Å². The summed E-state index contributed by atoms with van der Waals surface area (Å²) in [6, 6.07) is 6.05. The lowest BCUT2D eigenvalue weighted by Gasteiger charge is -2.35. The monoisotopic (exact) mass is 447 g/mol. The van der Waals surface area contributed by atoms with Gasteiger partial charge in [0.25, 0.3) is 0 Å². The third kappa shape index (κ3) is 7.47. The van der Waals surface area contributed by atoms with Gasteiger partial charge in [0, 0.05) is 46.3 Å². The van der Waals surface area contributed by atoms with Gasteiger partial charge >= 0.3 is 6.09 Å². The second kappa shape index (κ2) is 11.3. The van der Waals surface area contributed by atoms with E-state index in [1.807, 2.05) is 32.9 Å². The summed E-state index contributed by atoms with van der Waals surface area (Å²) in [5.74, 6) is 2.43. The van der Waals surface area contributed by atoms with E-state index in [9.17, 15) is 4.79 Å². The van der Waals surface area contributed by atoms with Gasteiger partial charge in [0.05, 0.1) is 0 Å². The van der Waals surface area contributed by atoms with Crippen LogP contribution in [0.4, 0.5) is 4.79 Å². The van der Waals surface area contributed by atoms with Crippen molar-refractivity contribution in [2.24, 2.45) is 4.99 Å². The van der Waals surface area contributed by atoms with Gasteiger partial charge in [0.1, 0.15) is 5.60 Å². The zero-order valence-corrected chi connectivity index (χ0v) is 19.8. The normalized spacial score (nSPS) is 16.8. The minimum atomic E-state index is -0.447. The van der Waals surface area contributed by atoms with Crippen LogP contribution < -0.4 is 20.1 Å². The predicted molar refractivity (Wildman–Crippen MR) is 124 cm³/mol. The fraction of sp³-hybridized carbons (Fsp3) is 0.652. The minimum Gasteiger partial charge on any atom is -0.454 e. The molecule has 0 saturated carbocycles. The Labute approximate surface area is 191 Å². The maximum absolute atomic E-state index is 12.2. The second-order valence-electron chi connectivity index (χ2n) is 9.03. The van der Waals surface area contributed by atoms with E-state index in [0.717, 1.165) is 63.0 Å². The summed E-state index contributed by atoms with van der Waals surface area (Å²) in [6.07, 6.45) is 1.67. The number of carbonyl (C=O) groups excluding carboxylic acids is 1. The van der Waals surface area contributed by atoms with Crippen molar-refractivity contribution in [2.45, 2.75) is 39.2 Å². The number of hydrogen-bond donors (Lipinski definition) is 2. The first-order valence-corrected chi connectivity index (χ1v) is 11.4. The zero-order chi connectivity index (χ0) is 23.0. The summed E-state index contributed by atoms with van der Waals surface area (Å²) in [7, 11) is 1.78. The van der Waals surface area contributed by atoms with E-state index in [4.69, 9.17) is 14.2 Å². The van der Waals surface area contributed by atoms with Crippen molar-refractivity contribution < 1.29 is 19.0 Å². The lowest BCUT2D eigenvalue weighted by Crippen LogP contribution is -2.50. The summed E-state index contributed by atoms with van der Waals surface area (Å²) in [5, 5.41) is 6.73. The fourth-order valence-corrected chi connectivity index (χ4v) is 3.63. The molecule has 0 aliphatic carbocycles. The average molecular weight is 448 g/mol. The van der Waals surface area contributed by atoms with E-state index >= 15 is 0 Å². The van der Waals surface area contributed by atoms with E-state index in [1.165, 1.54) is 5.56 Å². The Balaban J connectivity index is 1.27. The molecule has 0 aromatic heterocycles. The van der Waals surface area contributed by atoms with Crippen LogP contribution in [0.3, 0.4) is 0 Å². The molecule has 1 aromatic rings. The molecule has 32 heavy (non-hydrogen) atoms. The van der Waals surface area contributed by atoms with Crippen molar-refractivity contribution in [3.05, 3.63) is 23.8 Å². The highest BCUT2D eigenvalue weighted by Crippen LogP contribution is 2.32. The molecular weight excluding hydrogens is 410 g/mol. The number of guanidine groups is 1. The lowest BCUT2D eigenvalue weighted by molar-refractivity contribution is 0.0145. The van der Waals surface area contributed by atoms with Crippen LogP contribution in [-0.2, 0) is 11.2 Å². The van der Waals surface area contributed by atoms with Gasteiger partial charge in [-0.05, 0) is 57.9 Å². The quantitative estimate of drug-likeness (QED) is 0.376. The van der Waals surface area contributed by atoms with Crippen LogP contribution in [-0.4, -0.2) is 87.1 Å². The molecule has 1 fully saturated rings. The molecule has 2 aliphatic heterocycles. The molecule has 0 radical (unpaired) electrons. The molecule has 1 amide bonds. The van der Waals surface area contributed by atoms with Crippen LogP contribution >= 0.6 is 0 Å². The first-order chi connectivity index (χ1) is 15.3. The summed E-state index contributed by atoms with van der Waals surface area (Å²) in [4.78, 5) is 20.6. The highest BCUT2D eigenvalue weighted by molar-refractivity contribution is 5.79. The topological polar surface area (TPSA) is 87.7 Å². The molecule has 9 nitrogen and oxygen atoms in total. The van der Waals surface area contributed by atoms with Gasteiger partial charge < -0.3 is 29.7 Å². The largest absolute Gasteiger partial charge is 0.454 e. The minimum absolute atomic E-state index is 0.213. The fourth-order valence-electron chi connectivity index (χ4n) is 3.63. The molecular formula is C23H37N5O4. The molecule has 0 atom stereocenters. The molecule has 1 aromatic carbocycles. The van der Waals surface area contributed by atoms with Crippen molar-refractivity contribution in [3.63, 3.8) is 0 Å². The standard InChI is InChI=1S/C23H37N5O4/c1-23(2,3)32-22(29)28-14-12-27(13-15-28)11-5-9-25-21(24-4)26-10-8-18-6-7-19-20(16-18)31-17-30-19/h6-7,16H,5,8-15,17H2,1-4H3,(H2,24,25,26). The van der Waals surface area contributed by atoms with Gasteiger partial charge in [-0.3, -0.25) is 9.89 Å². The number of aliphatic imine (C=N–C) groups is 1. The maximum atomic E-state index is 12.2. The molecule has 2 N–H and O–H groups in total. The summed E-state index contributed by atoms with van der Waals surface area (Å²) >= 11 is 0. The number of ether oxygens (including phenoxy) is 3. The molecule has 9 heteroatoms. The Kier molecular flexibility index (Phi) is 8.44. The first kappa shape index (κ1) is 24.0. The number of nitrogens with one attached hydrogen (secondary N) is 2. The number of hydrogen-bond acceptors (Lipinski definition) is 6. The van der Waals surface area contributed by atoms with Gasteiger partial charge in [-0.2, -0.15) is 0 Å². The number of amides is 1. The molecule has 3 rings (SSSR count). The van der Waals surface area contributed by atoms with E-state index in [0.29, 0.717) is 19.9 Å². The molecule has 0 spiro atoms. The number of fused-ring (bicyclic) bond motifs is 1. The van der Waals surface area contributed by atoms with Crippen LogP contribution in [0.1, 0.15) is 32.8 Å². The van der Waals surface area contributed by atoms with E-state index in [-0.39, 0.29) is 6.09 Å². The van der Waals surface area contributed by atoms with Gasteiger partial charge in [-0.15, -0.1) is 0 Å². The van der Waals surface area contributed by atoms with Crippen LogP contribution in [0.15, 0.2) is 23.2 Å². The van der Waals surface area contributed by atoms with Crippen LogP contribution in [0.25, 0.3) is 0 Å². The summed E-state index contributed by atoms with van der Waals surface area (Å²) in [6.45, 7) is 11.8. The Morgan fingerprint density at radius 3 is 2.53 bits per heavy atom. The van der Waals surface area contributed by atoms with Crippen LogP contribution in [0, 0.1) is 0 Å². The number of piperazine rings is 1. The van der Waals surface area contributed by atoms with Crippen LogP contribution in [0.5, 0.6) is 11.5 Å². The van der Waals surface area contributed by atoms with E-state index in [2.05, 4.69) is 26.6 Å². The van der Waals surface area contributed by atoms with Gasteiger partial charge in [-0.1, -0.05) is 6.07 Å². The van der Waals surface area contributed by atoms with Gasteiger partial charge in [0.15, 0.2) is 17.5 Å². The smallest absolute Gasteiger partial charge is 0.410 e. The first-order valence-electron chi connectivity index (χ1n) is 11.4. The Morgan fingerprint density at radius 2 is 1.81 bits per heavy atom. The van der Waals surface area contributed by atoms with Crippen molar-refractivity contribution in [1.29, 1.82) is 0 Å². The average Bonchev–Trinajstić information content (AvgIpc) is 3.22. The van der Waals surface area contributed by atoms with Gasteiger partial charge in [0.2, 0.25) is 6.79 Å². The number of benzene rings is 1. The van der Waals surface area contributed by atoms with Crippen molar-refractivity contribution >= 4 is 12.1 Å². The highest BCUT2D eigenvalue weighted by atomic mass is 16.7. The second-order valence-corrected chi connectivity index (χ2v) is 9.03. The van der Waals surface area contributed by atoms with Gasteiger partial charge in [-0.25, -0.2) is 4.79 Å².